The highest BCUT2D eigenvalue weighted by molar-refractivity contribution is 6.09. The van der Waals surface area contributed by atoms with Crippen molar-refractivity contribution in [2.45, 2.75) is 52.4 Å². The Labute approximate surface area is 144 Å². The predicted octanol–water partition coefficient (Wildman–Crippen LogP) is 7.00. The number of allylic oxidation sites excluding steroid dienone is 1. The summed E-state index contributed by atoms with van der Waals surface area (Å²) in [7, 11) is 0. The topological polar surface area (TPSA) is 25.2 Å². The van der Waals surface area contributed by atoms with Crippen LogP contribution in [0, 0.1) is 0 Å². The summed E-state index contributed by atoms with van der Waals surface area (Å²) >= 11 is 0. The molecule has 0 aliphatic heterocycles. The Morgan fingerprint density at radius 1 is 1.08 bits per heavy atom. The third-order valence-electron chi connectivity index (χ3n) is 5.17. The van der Waals surface area contributed by atoms with Gasteiger partial charge in [0.05, 0.1) is 5.69 Å². The highest BCUT2D eigenvalue weighted by atomic mass is 16.3. The smallest absolute Gasteiger partial charge is 0.159 e. The van der Waals surface area contributed by atoms with Gasteiger partial charge in [-0.05, 0) is 43.0 Å². The van der Waals surface area contributed by atoms with Gasteiger partial charge in [0, 0.05) is 10.8 Å². The molecule has 2 heteroatoms. The van der Waals surface area contributed by atoms with Crippen molar-refractivity contribution in [2.75, 3.05) is 5.32 Å². The highest BCUT2D eigenvalue weighted by Gasteiger charge is 2.28. The van der Waals surface area contributed by atoms with Crippen molar-refractivity contribution in [2.24, 2.45) is 0 Å². The monoisotopic (exact) mass is 321 g/mol. The van der Waals surface area contributed by atoms with Crippen LogP contribution in [0.3, 0.4) is 0 Å². The number of furan rings is 1. The van der Waals surface area contributed by atoms with Crippen molar-refractivity contribution in [3.63, 3.8) is 0 Å². The van der Waals surface area contributed by atoms with Gasteiger partial charge >= 0.3 is 0 Å². The minimum Gasteiger partial charge on any atom is -0.454 e. The lowest BCUT2D eigenvalue weighted by atomic mass is 9.75. The Kier molecular flexibility index (Phi) is 4.66. The number of anilines is 1. The first kappa shape index (κ1) is 16.6. The van der Waals surface area contributed by atoms with Gasteiger partial charge in [0.15, 0.2) is 5.58 Å². The van der Waals surface area contributed by atoms with Gasteiger partial charge < -0.3 is 9.73 Å². The molecule has 1 aromatic heterocycles. The summed E-state index contributed by atoms with van der Waals surface area (Å²) in [5, 5.41) is 5.85. The first-order valence-corrected chi connectivity index (χ1v) is 8.97. The van der Waals surface area contributed by atoms with Crippen LogP contribution in [0.4, 0.5) is 5.69 Å². The van der Waals surface area contributed by atoms with E-state index < -0.39 is 0 Å². The first-order chi connectivity index (χ1) is 11.6. The minimum absolute atomic E-state index is 0.145. The summed E-state index contributed by atoms with van der Waals surface area (Å²) < 4.78 is 6.24. The van der Waals surface area contributed by atoms with E-state index in [0.717, 1.165) is 23.3 Å². The molecule has 0 saturated carbocycles. The molecule has 0 bridgehead atoms. The maximum atomic E-state index is 6.24. The van der Waals surface area contributed by atoms with Gasteiger partial charge in [-0.25, -0.2) is 0 Å². The van der Waals surface area contributed by atoms with E-state index in [-0.39, 0.29) is 5.41 Å². The second kappa shape index (κ2) is 6.72. The number of hydrogen-bond donors (Lipinski definition) is 1. The molecule has 24 heavy (non-hydrogen) atoms. The summed E-state index contributed by atoms with van der Waals surface area (Å²) in [6.45, 7) is 8.92. The SMILES string of the molecule is C/C=C\Nc1c(C(C)(CC)CCC)ccc2c1oc1ccccc12. The summed E-state index contributed by atoms with van der Waals surface area (Å²) in [5.41, 5.74) is 4.51. The van der Waals surface area contributed by atoms with Crippen LogP contribution in [-0.4, -0.2) is 0 Å². The fraction of sp³-hybridized carbons (Fsp3) is 0.364. The summed E-state index contributed by atoms with van der Waals surface area (Å²) in [6, 6.07) is 12.8. The molecule has 0 radical (unpaired) electrons. The molecule has 1 heterocycles. The Morgan fingerprint density at radius 2 is 1.88 bits per heavy atom. The van der Waals surface area contributed by atoms with E-state index in [9.17, 15) is 0 Å². The zero-order chi connectivity index (χ0) is 17.2. The summed E-state index contributed by atoms with van der Waals surface area (Å²) in [6.07, 6.45) is 7.46. The lowest BCUT2D eigenvalue weighted by Crippen LogP contribution is -2.22. The van der Waals surface area contributed by atoms with Gasteiger partial charge in [-0.1, -0.05) is 63.6 Å². The fourth-order valence-corrected chi connectivity index (χ4v) is 3.66. The molecule has 0 saturated heterocycles. The third-order valence-corrected chi connectivity index (χ3v) is 5.17. The number of benzene rings is 2. The molecule has 126 valence electrons. The second-order valence-corrected chi connectivity index (χ2v) is 6.77. The van der Waals surface area contributed by atoms with E-state index in [2.05, 4.69) is 50.4 Å². The van der Waals surface area contributed by atoms with E-state index in [0.29, 0.717) is 0 Å². The van der Waals surface area contributed by atoms with Crippen molar-refractivity contribution >= 4 is 27.6 Å². The molecule has 0 aliphatic carbocycles. The molecule has 0 fully saturated rings. The standard InChI is InChI=1S/C22H27NO/c1-5-14-22(4,7-3)18-13-12-17-16-10-8-9-11-19(16)24-21(17)20(18)23-15-6-2/h6,8-13,15,23H,5,7,14H2,1-4H3/b15-6-. The number of hydrogen-bond acceptors (Lipinski definition) is 2. The van der Waals surface area contributed by atoms with Crippen LogP contribution in [0.25, 0.3) is 21.9 Å². The molecule has 3 rings (SSSR count). The third kappa shape index (κ3) is 2.71. The van der Waals surface area contributed by atoms with E-state index in [1.54, 1.807) is 0 Å². The van der Waals surface area contributed by atoms with Crippen LogP contribution >= 0.6 is 0 Å². The minimum atomic E-state index is 0.145. The second-order valence-electron chi connectivity index (χ2n) is 6.77. The highest BCUT2D eigenvalue weighted by Crippen LogP contribution is 2.43. The van der Waals surface area contributed by atoms with Gasteiger partial charge in [-0.3, -0.25) is 0 Å². The van der Waals surface area contributed by atoms with Crippen LogP contribution in [0.1, 0.15) is 52.5 Å². The van der Waals surface area contributed by atoms with Crippen LogP contribution in [0.2, 0.25) is 0 Å². The van der Waals surface area contributed by atoms with Crippen LogP contribution in [-0.2, 0) is 5.41 Å². The maximum Gasteiger partial charge on any atom is 0.159 e. The first-order valence-electron chi connectivity index (χ1n) is 8.97. The van der Waals surface area contributed by atoms with E-state index in [4.69, 9.17) is 4.42 Å². The molecule has 0 spiro atoms. The van der Waals surface area contributed by atoms with E-state index >= 15 is 0 Å². The zero-order valence-electron chi connectivity index (χ0n) is 15.1. The Hall–Kier alpha value is -2.22. The Balaban J connectivity index is 2.31. The zero-order valence-corrected chi connectivity index (χ0v) is 15.1. The van der Waals surface area contributed by atoms with Crippen molar-refractivity contribution in [1.82, 2.24) is 0 Å². The molecule has 1 N–H and O–H groups in total. The average Bonchev–Trinajstić information content (AvgIpc) is 2.98. The molecule has 2 aromatic carbocycles. The quantitative estimate of drug-likeness (QED) is 0.528. The van der Waals surface area contributed by atoms with Crippen LogP contribution in [0.5, 0.6) is 0 Å². The van der Waals surface area contributed by atoms with Crippen LogP contribution < -0.4 is 5.32 Å². The van der Waals surface area contributed by atoms with Crippen molar-refractivity contribution in [3.05, 3.63) is 54.2 Å². The van der Waals surface area contributed by atoms with Gasteiger partial charge in [-0.15, -0.1) is 0 Å². The van der Waals surface area contributed by atoms with E-state index in [1.165, 1.54) is 29.2 Å². The van der Waals surface area contributed by atoms with E-state index in [1.807, 2.05) is 31.3 Å². The molecule has 0 aliphatic rings. The number of fused-ring (bicyclic) bond motifs is 3. The van der Waals surface area contributed by atoms with Crippen LogP contribution in [0.15, 0.2) is 53.1 Å². The molecular formula is C22H27NO. The Morgan fingerprint density at radius 3 is 2.58 bits per heavy atom. The molecule has 1 atom stereocenters. The van der Waals surface area contributed by atoms with Gasteiger partial charge in [0.25, 0.3) is 0 Å². The molecule has 0 amide bonds. The van der Waals surface area contributed by atoms with Gasteiger partial charge in [0.1, 0.15) is 5.58 Å². The largest absolute Gasteiger partial charge is 0.454 e. The number of para-hydroxylation sites is 1. The van der Waals surface area contributed by atoms with Crippen molar-refractivity contribution in [3.8, 4) is 0 Å². The van der Waals surface area contributed by atoms with Gasteiger partial charge in [-0.2, -0.15) is 0 Å². The average molecular weight is 321 g/mol. The molecule has 3 aromatic rings. The Bertz CT molecular complexity index is 874. The van der Waals surface area contributed by atoms with Gasteiger partial charge in [0.2, 0.25) is 0 Å². The van der Waals surface area contributed by atoms with Crippen molar-refractivity contribution in [1.29, 1.82) is 0 Å². The normalized spacial score (nSPS) is 14.5. The molecule has 2 nitrogen and oxygen atoms in total. The molecular weight excluding hydrogens is 294 g/mol. The lowest BCUT2D eigenvalue weighted by molar-refractivity contribution is 0.415. The fourth-order valence-electron chi connectivity index (χ4n) is 3.66. The number of rotatable bonds is 6. The predicted molar refractivity (Wildman–Crippen MR) is 105 cm³/mol. The summed E-state index contributed by atoms with van der Waals surface area (Å²) in [4.78, 5) is 0. The summed E-state index contributed by atoms with van der Waals surface area (Å²) in [5.74, 6) is 0. The lowest BCUT2D eigenvalue weighted by Gasteiger charge is -2.30. The maximum absolute atomic E-state index is 6.24. The molecule has 1 unspecified atom stereocenters. The van der Waals surface area contributed by atoms with Crippen molar-refractivity contribution < 1.29 is 4.42 Å². The number of nitrogens with one attached hydrogen (secondary N) is 1.